The molecule has 0 spiro atoms. The zero-order chi connectivity index (χ0) is 13.1. The topological polar surface area (TPSA) is 33.7 Å². The van der Waals surface area contributed by atoms with Crippen molar-refractivity contribution in [1.82, 2.24) is 10.2 Å². The molecular formula is C14H28N2O2. The summed E-state index contributed by atoms with van der Waals surface area (Å²) >= 11 is 0. The average molecular weight is 256 g/mol. The van der Waals surface area contributed by atoms with Crippen molar-refractivity contribution in [2.45, 2.75) is 32.2 Å². The molecule has 4 nitrogen and oxygen atoms in total. The lowest BCUT2D eigenvalue weighted by molar-refractivity contribution is -0.0843. The molecule has 18 heavy (non-hydrogen) atoms. The van der Waals surface area contributed by atoms with E-state index in [1.165, 1.54) is 12.8 Å². The maximum atomic E-state index is 5.62. The molecule has 2 heterocycles. The summed E-state index contributed by atoms with van der Waals surface area (Å²) in [5.41, 5.74) is 0.541. The van der Waals surface area contributed by atoms with Crippen LogP contribution in [0.25, 0.3) is 0 Å². The molecule has 2 aliphatic rings. The second kappa shape index (κ2) is 5.87. The third kappa shape index (κ3) is 3.23. The van der Waals surface area contributed by atoms with Crippen LogP contribution in [0.5, 0.6) is 0 Å². The number of hydrogen-bond donors (Lipinski definition) is 1. The number of nitrogens with zero attached hydrogens (tertiary/aromatic N) is 1. The van der Waals surface area contributed by atoms with Crippen molar-refractivity contribution in [2.75, 3.05) is 53.1 Å². The van der Waals surface area contributed by atoms with Gasteiger partial charge in [-0.25, -0.2) is 0 Å². The zero-order valence-electron chi connectivity index (χ0n) is 12.1. The molecule has 0 aromatic carbocycles. The molecule has 2 saturated heterocycles. The van der Waals surface area contributed by atoms with E-state index in [0.717, 1.165) is 46.1 Å². The summed E-state index contributed by atoms with van der Waals surface area (Å²) < 4.78 is 11.2. The van der Waals surface area contributed by atoms with E-state index < -0.39 is 0 Å². The van der Waals surface area contributed by atoms with Gasteiger partial charge in [0.2, 0.25) is 0 Å². The van der Waals surface area contributed by atoms with Crippen LogP contribution in [0.4, 0.5) is 0 Å². The molecule has 106 valence electrons. The molecule has 0 aromatic heterocycles. The number of hydrogen-bond acceptors (Lipinski definition) is 4. The maximum absolute atomic E-state index is 5.62. The van der Waals surface area contributed by atoms with E-state index in [-0.39, 0.29) is 5.54 Å². The van der Waals surface area contributed by atoms with Crippen LogP contribution in [0.15, 0.2) is 0 Å². The van der Waals surface area contributed by atoms with E-state index >= 15 is 0 Å². The molecule has 1 N–H and O–H groups in total. The van der Waals surface area contributed by atoms with Gasteiger partial charge < -0.3 is 14.8 Å². The van der Waals surface area contributed by atoms with Crippen molar-refractivity contribution in [3.8, 4) is 0 Å². The lowest BCUT2D eigenvalue weighted by Crippen LogP contribution is -2.58. The summed E-state index contributed by atoms with van der Waals surface area (Å²) in [6, 6.07) is 0. The standard InChI is InChI=1S/C14H28N2O2/c1-13(2)12-18-9-6-16(13)11-14(10-15-3)4-7-17-8-5-14/h15H,4-12H2,1-3H3. The first-order valence-electron chi connectivity index (χ1n) is 7.13. The first kappa shape index (κ1) is 14.3. The normalized spacial score (nSPS) is 28.2. The van der Waals surface area contributed by atoms with E-state index in [9.17, 15) is 0 Å². The molecule has 0 bridgehead atoms. The Morgan fingerprint density at radius 3 is 2.44 bits per heavy atom. The minimum atomic E-state index is 0.164. The van der Waals surface area contributed by atoms with Gasteiger partial charge in [-0.05, 0) is 39.2 Å². The molecule has 4 heteroatoms. The summed E-state index contributed by atoms with van der Waals surface area (Å²) in [7, 11) is 2.06. The third-order valence-electron chi connectivity index (χ3n) is 4.45. The predicted molar refractivity (Wildman–Crippen MR) is 72.9 cm³/mol. The van der Waals surface area contributed by atoms with Crippen molar-refractivity contribution in [1.29, 1.82) is 0 Å². The molecule has 0 aliphatic carbocycles. The van der Waals surface area contributed by atoms with E-state index in [1.807, 2.05) is 0 Å². The fourth-order valence-electron chi connectivity index (χ4n) is 3.16. The Kier molecular flexibility index (Phi) is 4.64. The Morgan fingerprint density at radius 2 is 1.83 bits per heavy atom. The van der Waals surface area contributed by atoms with E-state index in [2.05, 4.69) is 31.1 Å². The maximum Gasteiger partial charge on any atom is 0.0645 e. The highest BCUT2D eigenvalue weighted by atomic mass is 16.5. The molecule has 2 rings (SSSR count). The van der Waals surface area contributed by atoms with Crippen LogP contribution in [0, 0.1) is 5.41 Å². The summed E-state index contributed by atoms with van der Waals surface area (Å²) in [6.45, 7) is 11.4. The third-order valence-corrected chi connectivity index (χ3v) is 4.45. The molecular weight excluding hydrogens is 228 g/mol. The van der Waals surface area contributed by atoms with Crippen molar-refractivity contribution in [2.24, 2.45) is 5.41 Å². The first-order chi connectivity index (χ1) is 8.58. The highest BCUT2D eigenvalue weighted by molar-refractivity contribution is 4.93. The van der Waals surface area contributed by atoms with Gasteiger partial charge in [0.25, 0.3) is 0 Å². The fourth-order valence-corrected chi connectivity index (χ4v) is 3.16. The van der Waals surface area contributed by atoms with Crippen molar-refractivity contribution in [3.05, 3.63) is 0 Å². The van der Waals surface area contributed by atoms with Crippen LogP contribution in [0.1, 0.15) is 26.7 Å². The van der Waals surface area contributed by atoms with Crippen LogP contribution in [-0.4, -0.2) is 63.5 Å². The van der Waals surface area contributed by atoms with E-state index in [0.29, 0.717) is 5.41 Å². The molecule has 0 unspecified atom stereocenters. The highest BCUT2D eigenvalue weighted by Gasteiger charge is 2.39. The minimum absolute atomic E-state index is 0.164. The van der Waals surface area contributed by atoms with Crippen LogP contribution in [0.3, 0.4) is 0 Å². The lowest BCUT2D eigenvalue weighted by Gasteiger charge is -2.48. The van der Waals surface area contributed by atoms with Crippen LogP contribution < -0.4 is 5.32 Å². The molecule has 0 atom stereocenters. The van der Waals surface area contributed by atoms with Crippen molar-refractivity contribution in [3.63, 3.8) is 0 Å². The molecule has 0 amide bonds. The Hall–Kier alpha value is -0.160. The van der Waals surface area contributed by atoms with E-state index in [4.69, 9.17) is 9.47 Å². The molecule has 0 aromatic rings. The molecule has 2 fully saturated rings. The highest BCUT2D eigenvalue weighted by Crippen LogP contribution is 2.33. The van der Waals surface area contributed by atoms with Crippen LogP contribution in [-0.2, 0) is 9.47 Å². The first-order valence-corrected chi connectivity index (χ1v) is 7.13. The summed E-state index contributed by atoms with van der Waals surface area (Å²) in [4.78, 5) is 2.61. The SMILES string of the molecule is CNCC1(CN2CCOCC2(C)C)CCOCC1. The average Bonchev–Trinajstić information content (AvgIpc) is 2.33. The monoisotopic (exact) mass is 256 g/mol. The Morgan fingerprint density at radius 1 is 1.11 bits per heavy atom. The van der Waals surface area contributed by atoms with Gasteiger partial charge in [0.05, 0.1) is 13.2 Å². The van der Waals surface area contributed by atoms with E-state index in [1.54, 1.807) is 0 Å². The van der Waals surface area contributed by atoms with Crippen molar-refractivity contribution < 1.29 is 9.47 Å². The number of nitrogens with one attached hydrogen (secondary N) is 1. The van der Waals surface area contributed by atoms with Gasteiger partial charge >= 0.3 is 0 Å². The van der Waals surface area contributed by atoms with Crippen LogP contribution >= 0.6 is 0 Å². The second-order valence-electron chi connectivity index (χ2n) is 6.43. The van der Waals surface area contributed by atoms with Gasteiger partial charge in [-0.15, -0.1) is 0 Å². The van der Waals surface area contributed by atoms with Crippen LogP contribution in [0.2, 0.25) is 0 Å². The van der Waals surface area contributed by atoms with Gasteiger partial charge in [0.15, 0.2) is 0 Å². The quantitative estimate of drug-likeness (QED) is 0.817. The Bertz CT molecular complexity index is 257. The summed E-state index contributed by atoms with van der Waals surface area (Å²) in [5.74, 6) is 0. The minimum Gasteiger partial charge on any atom is -0.381 e. The van der Waals surface area contributed by atoms with Gasteiger partial charge in [-0.1, -0.05) is 0 Å². The fraction of sp³-hybridized carbons (Fsp3) is 1.00. The molecule has 2 aliphatic heterocycles. The molecule has 0 saturated carbocycles. The number of morpholine rings is 1. The van der Waals surface area contributed by atoms with Crippen molar-refractivity contribution >= 4 is 0 Å². The number of rotatable bonds is 4. The predicted octanol–water partition coefficient (Wildman–Crippen LogP) is 1.11. The smallest absolute Gasteiger partial charge is 0.0645 e. The summed E-state index contributed by atoms with van der Waals surface area (Å²) in [6.07, 6.45) is 2.34. The van der Waals surface area contributed by atoms with Gasteiger partial charge in [0.1, 0.15) is 0 Å². The Labute approximate surface area is 111 Å². The molecule has 0 radical (unpaired) electrons. The van der Waals surface area contributed by atoms with Gasteiger partial charge in [0, 0.05) is 38.4 Å². The number of ether oxygens (including phenoxy) is 2. The zero-order valence-corrected chi connectivity index (χ0v) is 12.1. The summed E-state index contributed by atoms with van der Waals surface area (Å²) in [5, 5.41) is 3.38. The Balaban J connectivity index is 2.03. The largest absolute Gasteiger partial charge is 0.381 e. The van der Waals surface area contributed by atoms with Gasteiger partial charge in [-0.3, -0.25) is 4.90 Å². The van der Waals surface area contributed by atoms with Gasteiger partial charge in [-0.2, -0.15) is 0 Å². The lowest BCUT2D eigenvalue weighted by atomic mass is 9.78. The second-order valence-corrected chi connectivity index (χ2v) is 6.43.